The Hall–Kier alpha value is -1.88. The van der Waals surface area contributed by atoms with Crippen molar-refractivity contribution in [2.75, 3.05) is 6.54 Å². The van der Waals surface area contributed by atoms with Crippen molar-refractivity contribution in [2.24, 2.45) is 10.9 Å². The summed E-state index contributed by atoms with van der Waals surface area (Å²) >= 11 is 0. The summed E-state index contributed by atoms with van der Waals surface area (Å²) in [5.41, 5.74) is 5.96. The van der Waals surface area contributed by atoms with Crippen LogP contribution in [0.15, 0.2) is 36.0 Å². The van der Waals surface area contributed by atoms with E-state index in [0.717, 1.165) is 13.0 Å². The molecule has 17 heavy (non-hydrogen) atoms. The summed E-state index contributed by atoms with van der Waals surface area (Å²) in [6, 6.07) is 4.79. The Kier molecular flexibility index (Phi) is 5.16. The van der Waals surface area contributed by atoms with Crippen LogP contribution in [0, 0.1) is 5.82 Å². The average Bonchev–Trinajstić information content (AvgIpc) is 2.35. The molecule has 0 saturated carbocycles. The molecule has 5 heteroatoms. The molecular weight excluding hydrogens is 221 g/mol. The molecule has 0 heterocycles. The molecule has 0 unspecified atom stereocenters. The van der Waals surface area contributed by atoms with E-state index in [-0.39, 0.29) is 11.4 Å². The molecular formula is C12H16FN3O. The number of nitrogens with one attached hydrogen (secondary N) is 1. The minimum atomic E-state index is -0.464. The predicted octanol–water partition coefficient (Wildman–Crippen LogP) is 1.59. The average molecular weight is 237 g/mol. The fourth-order valence-corrected chi connectivity index (χ4v) is 1.40. The Morgan fingerprint density at radius 1 is 1.59 bits per heavy atom. The van der Waals surface area contributed by atoms with Gasteiger partial charge in [-0.25, -0.2) is 4.39 Å². The number of rotatable bonds is 6. The fourth-order valence-electron chi connectivity index (χ4n) is 1.40. The summed E-state index contributed by atoms with van der Waals surface area (Å²) in [4.78, 5) is 0. The summed E-state index contributed by atoms with van der Waals surface area (Å²) in [7, 11) is 0. The number of nitrogens with zero attached hydrogens (tertiary/aromatic N) is 1. The Balaban J connectivity index is 2.76. The number of hydrogen-bond acceptors (Lipinski definition) is 3. The standard InChI is InChI=1S/C12H16FN3O/c1-2-3-7-15-8-9-5-4-6-10(11(9)13)12(14)16-17/h2,4-6,15,17H,1,3,7-8H2,(H2,14,16). The van der Waals surface area contributed by atoms with E-state index >= 15 is 0 Å². The van der Waals surface area contributed by atoms with E-state index in [0.29, 0.717) is 12.1 Å². The van der Waals surface area contributed by atoms with Gasteiger partial charge in [0.2, 0.25) is 0 Å². The van der Waals surface area contributed by atoms with Crippen LogP contribution >= 0.6 is 0 Å². The molecule has 0 atom stereocenters. The van der Waals surface area contributed by atoms with E-state index in [1.807, 2.05) is 0 Å². The maximum absolute atomic E-state index is 13.9. The van der Waals surface area contributed by atoms with Crippen molar-refractivity contribution in [3.8, 4) is 0 Å². The van der Waals surface area contributed by atoms with Crippen LogP contribution in [0.2, 0.25) is 0 Å². The third kappa shape index (κ3) is 3.57. The number of nitrogens with two attached hydrogens (primary N) is 1. The van der Waals surface area contributed by atoms with Gasteiger partial charge in [-0.3, -0.25) is 0 Å². The third-order valence-corrected chi connectivity index (χ3v) is 2.30. The molecule has 0 aromatic heterocycles. The number of hydrogen-bond donors (Lipinski definition) is 3. The van der Waals surface area contributed by atoms with Crippen molar-refractivity contribution in [1.82, 2.24) is 5.32 Å². The lowest BCUT2D eigenvalue weighted by atomic mass is 10.1. The van der Waals surface area contributed by atoms with Crippen LogP contribution in [0.25, 0.3) is 0 Å². The molecule has 1 rings (SSSR count). The summed E-state index contributed by atoms with van der Waals surface area (Å²) < 4.78 is 13.9. The highest BCUT2D eigenvalue weighted by molar-refractivity contribution is 5.97. The molecule has 1 aromatic carbocycles. The Bertz CT molecular complexity index is 418. The number of benzene rings is 1. The van der Waals surface area contributed by atoms with Gasteiger partial charge >= 0.3 is 0 Å². The van der Waals surface area contributed by atoms with Crippen LogP contribution in [-0.2, 0) is 6.54 Å². The Morgan fingerprint density at radius 3 is 3.00 bits per heavy atom. The minimum absolute atomic E-state index is 0.107. The van der Waals surface area contributed by atoms with Crippen molar-refractivity contribution in [3.05, 3.63) is 47.8 Å². The lowest BCUT2D eigenvalue weighted by Gasteiger charge is -2.08. The predicted molar refractivity (Wildman–Crippen MR) is 65.4 cm³/mol. The van der Waals surface area contributed by atoms with Crippen molar-refractivity contribution < 1.29 is 9.60 Å². The van der Waals surface area contributed by atoms with Crippen molar-refractivity contribution in [1.29, 1.82) is 0 Å². The van der Waals surface area contributed by atoms with E-state index in [4.69, 9.17) is 10.9 Å². The van der Waals surface area contributed by atoms with Crippen LogP contribution in [0.4, 0.5) is 4.39 Å². The van der Waals surface area contributed by atoms with Crippen LogP contribution in [0.5, 0.6) is 0 Å². The summed E-state index contributed by atoms with van der Waals surface area (Å²) in [6.45, 7) is 4.73. The van der Waals surface area contributed by atoms with Gasteiger partial charge in [-0.1, -0.05) is 23.4 Å². The highest BCUT2D eigenvalue weighted by atomic mass is 19.1. The van der Waals surface area contributed by atoms with Gasteiger partial charge < -0.3 is 16.3 Å². The number of amidine groups is 1. The second kappa shape index (κ2) is 6.65. The van der Waals surface area contributed by atoms with Crippen LogP contribution in [-0.4, -0.2) is 17.6 Å². The summed E-state index contributed by atoms with van der Waals surface area (Å²) in [5.74, 6) is -0.690. The summed E-state index contributed by atoms with van der Waals surface area (Å²) in [6.07, 6.45) is 2.61. The van der Waals surface area contributed by atoms with Crippen LogP contribution < -0.4 is 11.1 Å². The van der Waals surface area contributed by atoms with Crippen LogP contribution in [0.3, 0.4) is 0 Å². The van der Waals surface area contributed by atoms with Gasteiger partial charge in [0.05, 0.1) is 5.56 Å². The van der Waals surface area contributed by atoms with Gasteiger partial charge in [-0.15, -0.1) is 6.58 Å². The molecule has 0 aliphatic heterocycles. The zero-order valence-corrected chi connectivity index (χ0v) is 9.49. The van der Waals surface area contributed by atoms with Gasteiger partial charge in [0.1, 0.15) is 5.82 Å². The van der Waals surface area contributed by atoms with E-state index in [1.54, 1.807) is 18.2 Å². The van der Waals surface area contributed by atoms with Crippen molar-refractivity contribution >= 4 is 5.84 Å². The molecule has 0 aliphatic rings. The molecule has 0 saturated heterocycles. The largest absolute Gasteiger partial charge is 0.409 e. The molecule has 0 amide bonds. The fraction of sp³-hybridized carbons (Fsp3) is 0.250. The highest BCUT2D eigenvalue weighted by Crippen LogP contribution is 2.12. The maximum Gasteiger partial charge on any atom is 0.173 e. The monoisotopic (exact) mass is 237 g/mol. The molecule has 0 aliphatic carbocycles. The molecule has 0 bridgehead atoms. The Labute approximate surface area is 99.6 Å². The van der Waals surface area contributed by atoms with Gasteiger partial charge in [0.15, 0.2) is 5.84 Å². The number of oxime groups is 1. The third-order valence-electron chi connectivity index (χ3n) is 2.30. The normalized spacial score (nSPS) is 11.5. The van der Waals surface area contributed by atoms with Gasteiger partial charge in [0.25, 0.3) is 0 Å². The Morgan fingerprint density at radius 2 is 2.35 bits per heavy atom. The topological polar surface area (TPSA) is 70.6 Å². The first-order chi connectivity index (χ1) is 8.20. The SMILES string of the molecule is C=CCCNCc1cccc(/C(N)=N\O)c1F. The maximum atomic E-state index is 13.9. The smallest absolute Gasteiger partial charge is 0.173 e. The zero-order chi connectivity index (χ0) is 12.7. The quantitative estimate of drug-likeness (QED) is 0.176. The lowest BCUT2D eigenvalue weighted by molar-refractivity contribution is 0.318. The summed E-state index contributed by atoms with van der Waals surface area (Å²) in [5, 5.41) is 14.4. The molecule has 92 valence electrons. The van der Waals surface area contributed by atoms with Crippen LogP contribution in [0.1, 0.15) is 17.5 Å². The van der Waals surface area contributed by atoms with Gasteiger partial charge in [0, 0.05) is 12.1 Å². The zero-order valence-electron chi connectivity index (χ0n) is 9.49. The van der Waals surface area contributed by atoms with E-state index in [2.05, 4.69) is 17.1 Å². The van der Waals surface area contributed by atoms with Crippen molar-refractivity contribution in [2.45, 2.75) is 13.0 Å². The first-order valence-electron chi connectivity index (χ1n) is 5.27. The molecule has 1 aromatic rings. The van der Waals surface area contributed by atoms with Crippen molar-refractivity contribution in [3.63, 3.8) is 0 Å². The molecule has 4 nitrogen and oxygen atoms in total. The van der Waals surface area contributed by atoms with Gasteiger partial charge in [-0.05, 0) is 19.0 Å². The van der Waals surface area contributed by atoms with E-state index in [1.165, 1.54) is 6.07 Å². The highest BCUT2D eigenvalue weighted by Gasteiger charge is 2.10. The van der Waals surface area contributed by atoms with E-state index < -0.39 is 5.82 Å². The minimum Gasteiger partial charge on any atom is -0.409 e. The molecule has 0 spiro atoms. The van der Waals surface area contributed by atoms with E-state index in [9.17, 15) is 4.39 Å². The van der Waals surface area contributed by atoms with Gasteiger partial charge in [-0.2, -0.15) is 0 Å². The first kappa shape index (κ1) is 13.2. The second-order valence-electron chi connectivity index (χ2n) is 3.52. The number of halogens is 1. The molecule has 0 radical (unpaired) electrons. The second-order valence-corrected chi connectivity index (χ2v) is 3.52. The lowest BCUT2D eigenvalue weighted by Crippen LogP contribution is -2.19. The first-order valence-corrected chi connectivity index (χ1v) is 5.27. The molecule has 4 N–H and O–H groups in total. The molecule has 0 fully saturated rings.